The van der Waals surface area contributed by atoms with Gasteiger partial charge in [-0.05, 0) is 19.1 Å². The molecule has 1 fully saturated rings. The van der Waals surface area contributed by atoms with Crippen LogP contribution in [0.25, 0.3) is 0 Å². The van der Waals surface area contributed by atoms with Gasteiger partial charge in [0.15, 0.2) is 6.54 Å². The first kappa shape index (κ1) is 19.9. The Labute approximate surface area is 166 Å². The molecule has 0 aromatic heterocycles. The lowest BCUT2D eigenvalue weighted by atomic mass is 10.1. The van der Waals surface area contributed by atoms with Gasteiger partial charge in [-0.2, -0.15) is 0 Å². The highest BCUT2D eigenvalue weighted by Crippen LogP contribution is 2.15. The monoisotopic (exact) mass is 385 g/mol. The molecule has 4 nitrogen and oxygen atoms in total. The Morgan fingerprint density at radius 1 is 1.00 bits per heavy atom. The van der Waals surface area contributed by atoms with Crippen molar-refractivity contribution >= 4 is 17.7 Å². The molecule has 0 aliphatic carbocycles. The molecule has 0 saturated carbocycles. The lowest BCUT2D eigenvalue weighted by Crippen LogP contribution is -3.28. The molecule has 0 radical (unpaired) electrons. The predicted octanol–water partition coefficient (Wildman–Crippen LogP) is 0.187. The summed E-state index contributed by atoms with van der Waals surface area (Å²) in [5.41, 5.74) is 2.75. The minimum absolute atomic E-state index is 0.181. The fourth-order valence-electron chi connectivity index (χ4n) is 3.59. The summed E-state index contributed by atoms with van der Waals surface area (Å²) in [5.74, 6) is 1.10. The minimum Gasteiger partial charge on any atom is -0.350 e. The zero-order chi connectivity index (χ0) is 18.9. The number of quaternary nitrogens is 2. The third-order valence-corrected chi connectivity index (χ3v) is 6.06. The smallest absolute Gasteiger partial charge is 0.275 e. The van der Waals surface area contributed by atoms with Crippen molar-refractivity contribution in [2.45, 2.75) is 18.4 Å². The Morgan fingerprint density at radius 3 is 2.48 bits per heavy atom. The molecule has 3 rings (SSSR count). The average molecular weight is 386 g/mol. The van der Waals surface area contributed by atoms with Crippen molar-refractivity contribution in [2.24, 2.45) is 0 Å². The summed E-state index contributed by atoms with van der Waals surface area (Å²) in [6.07, 6.45) is 0. The van der Waals surface area contributed by atoms with E-state index in [0.717, 1.165) is 45.0 Å². The molecule has 5 heteroatoms. The molecule has 27 heavy (non-hydrogen) atoms. The largest absolute Gasteiger partial charge is 0.350 e. The topological polar surface area (TPSA) is 38.0 Å². The molecule has 2 aromatic rings. The molecular weight excluding hydrogens is 354 g/mol. The first-order chi connectivity index (χ1) is 13.2. The van der Waals surface area contributed by atoms with E-state index in [9.17, 15) is 4.79 Å². The molecule has 0 unspecified atom stereocenters. The van der Waals surface area contributed by atoms with Crippen LogP contribution in [0.3, 0.4) is 0 Å². The van der Waals surface area contributed by atoms with E-state index in [2.05, 4.69) is 48.6 Å². The normalized spacial score (nSPS) is 19.6. The summed E-state index contributed by atoms with van der Waals surface area (Å²) in [4.78, 5) is 16.5. The number of hydrogen-bond donors (Lipinski definition) is 3. The van der Waals surface area contributed by atoms with E-state index >= 15 is 0 Å². The van der Waals surface area contributed by atoms with Crippen LogP contribution >= 0.6 is 11.8 Å². The maximum atomic E-state index is 12.2. The second-order valence-electron chi connectivity index (χ2n) is 7.35. The van der Waals surface area contributed by atoms with Gasteiger partial charge in [-0.25, -0.2) is 0 Å². The molecule has 2 aromatic carbocycles. The van der Waals surface area contributed by atoms with Crippen LogP contribution in [0.4, 0.5) is 0 Å². The Morgan fingerprint density at radius 2 is 1.74 bits per heavy atom. The van der Waals surface area contributed by atoms with E-state index in [0.29, 0.717) is 6.54 Å². The number of carbonyl (C=O) groups excluding carboxylic acids is 1. The van der Waals surface area contributed by atoms with Crippen LogP contribution in [-0.4, -0.2) is 50.9 Å². The lowest BCUT2D eigenvalue weighted by molar-refractivity contribution is -1.02. The summed E-state index contributed by atoms with van der Waals surface area (Å²) >= 11 is 1.79. The van der Waals surface area contributed by atoms with E-state index in [1.807, 2.05) is 18.2 Å². The zero-order valence-electron chi connectivity index (χ0n) is 16.2. The summed E-state index contributed by atoms with van der Waals surface area (Å²) < 4.78 is 0. The second-order valence-corrected chi connectivity index (χ2v) is 8.52. The van der Waals surface area contributed by atoms with Crippen molar-refractivity contribution in [3.8, 4) is 0 Å². The van der Waals surface area contributed by atoms with Crippen molar-refractivity contribution in [2.75, 3.05) is 45.0 Å². The van der Waals surface area contributed by atoms with Crippen LogP contribution in [0.2, 0.25) is 0 Å². The van der Waals surface area contributed by atoms with Gasteiger partial charge in [-0.15, -0.1) is 11.8 Å². The molecule has 3 N–H and O–H groups in total. The van der Waals surface area contributed by atoms with Crippen LogP contribution in [0.5, 0.6) is 0 Å². The molecule has 1 amide bonds. The Balaban J connectivity index is 1.30. The summed E-state index contributed by atoms with van der Waals surface area (Å²) in [7, 11) is 0. The highest BCUT2D eigenvalue weighted by Gasteiger charge is 2.24. The third kappa shape index (κ3) is 7.01. The number of carbonyl (C=O) groups is 1. The van der Waals surface area contributed by atoms with Crippen molar-refractivity contribution in [1.82, 2.24) is 5.32 Å². The number of rotatable bonds is 8. The Hall–Kier alpha value is -1.82. The van der Waals surface area contributed by atoms with E-state index in [1.165, 1.54) is 20.9 Å². The number of hydrogen-bond acceptors (Lipinski definition) is 2. The van der Waals surface area contributed by atoms with Gasteiger partial charge < -0.3 is 15.1 Å². The number of thioether (sulfide) groups is 1. The SMILES string of the molecule is Cc1cccc(C[NH+]2CC[NH+](CC(=O)NCCSc3ccccc3)CC2)c1. The Bertz CT molecular complexity index is 715. The highest BCUT2D eigenvalue weighted by molar-refractivity contribution is 7.99. The molecule has 0 atom stereocenters. The quantitative estimate of drug-likeness (QED) is 0.448. The van der Waals surface area contributed by atoms with Crippen LogP contribution in [0, 0.1) is 6.92 Å². The van der Waals surface area contributed by atoms with Gasteiger partial charge in [0.2, 0.25) is 0 Å². The Kier molecular flexibility index (Phi) is 7.75. The van der Waals surface area contributed by atoms with Crippen molar-refractivity contribution in [3.05, 3.63) is 65.7 Å². The number of aryl methyl sites for hydroxylation is 1. The van der Waals surface area contributed by atoms with E-state index < -0.39 is 0 Å². The minimum atomic E-state index is 0.181. The van der Waals surface area contributed by atoms with E-state index in [-0.39, 0.29) is 5.91 Å². The number of amides is 1. The van der Waals surface area contributed by atoms with Gasteiger partial charge in [0.05, 0.1) is 0 Å². The molecule has 0 spiro atoms. The van der Waals surface area contributed by atoms with Crippen molar-refractivity contribution < 1.29 is 14.6 Å². The maximum Gasteiger partial charge on any atom is 0.275 e. The van der Waals surface area contributed by atoms with Crippen LogP contribution in [0.1, 0.15) is 11.1 Å². The fourth-order valence-corrected chi connectivity index (χ4v) is 4.38. The van der Waals surface area contributed by atoms with Gasteiger partial charge in [0.1, 0.15) is 32.7 Å². The molecule has 1 aliphatic rings. The first-order valence-corrected chi connectivity index (χ1v) is 10.8. The van der Waals surface area contributed by atoms with Gasteiger partial charge in [-0.3, -0.25) is 4.79 Å². The predicted molar refractivity (Wildman–Crippen MR) is 111 cm³/mol. The lowest BCUT2D eigenvalue weighted by Gasteiger charge is -2.29. The van der Waals surface area contributed by atoms with Gasteiger partial charge in [-0.1, -0.05) is 48.0 Å². The maximum absolute atomic E-state index is 12.2. The van der Waals surface area contributed by atoms with Crippen molar-refractivity contribution in [3.63, 3.8) is 0 Å². The van der Waals surface area contributed by atoms with Crippen LogP contribution in [0.15, 0.2) is 59.5 Å². The molecular formula is C22H31N3OS+2. The average Bonchev–Trinajstić information content (AvgIpc) is 2.68. The third-order valence-electron chi connectivity index (χ3n) is 5.05. The number of nitrogens with one attached hydrogen (secondary N) is 3. The number of benzene rings is 2. The van der Waals surface area contributed by atoms with Gasteiger partial charge in [0.25, 0.3) is 5.91 Å². The highest BCUT2D eigenvalue weighted by atomic mass is 32.2. The first-order valence-electron chi connectivity index (χ1n) is 9.86. The zero-order valence-corrected chi connectivity index (χ0v) is 17.0. The molecule has 1 saturated heterocycles. The molecule has 1 aliphatic heterocycles. The van der Waals surface area contributed by atoms with Gasteiger partial charge >= 0.3 is 0 Å². The summed E-state index contributed by atoms with van der Waals surface area (Å²) in [6.45, 7) is 9.02. The standard InChI is InChI=1S/C22H29N3OS/c1-19-6-5-7-20(16-19)17-24-11-13-25(14-12-24)18-22(26)23-10-15-27-21-8-3-2-4-9-21/h2-9,16H,10-15,17-18H2,1H3,(H,23,26)/p+2. The molecule has 144 valence electrons. The van der Waals surface area contributed by atoms with Gasteiger partial charge in [0, 0.05) is 22.8 Å². The summed E-state index contributed by atoms with van der Waals surface area (Å²) in [6, 6.07) is 19.1. The fraction of sp³-hybridized carbons (Fsp3) is 0.409. The van der Waals surface area contributed by atoms with Crippen LogP contribution in [-0.2, 0) is 11.3 Å². The molecule has 1 heterocycles. The van der Waals surface area contributed by atoms with Crippen LogP contribution < -0.4 is 15.1 Å². The van der Waals surface area contributed by atoms with E-state index in [4.69, 9.17) is 0 Å². The van der Waals surface area contributed by atoms with E-state index in [1.54, 1.807) is 16.7 Å². The summed E-state index contributed by atoms with van der Waals surface area (Å²) in [5, 5.41) is 3.07. The van der Waals surface area contributed by atoms with Crippen molar-refractivity contribution in [1.29, 1.82) is 0 Å². The molecule has 0 bridgehead atoms. The second kappa shape index (κ2) is 10.5. The number of piperazine rings is 1.